The minimum absolute atomic E-state index is 0.00218. The van der Waals surface area contributed by atoms with Crippen LogP contribution in [-0.4, -0.2) is 0 Å². The molecular weight excluding hydrogens is 901 g/mol. The molecule has 358 valence electrons. The third-order valence-electron chi connectivity index (χ3n) is 14.8. The van der Waals surface area contributed by atoms with Gasteiger partial charge in [-0.15, -0.1) is 0 Å². The van der Waals surface area contributed by atoms with Crippen molar-refractivity contribution in [3.8, 4) is 22.3 Å². The lowest BCUT2D eigenvalue weighted by Gasteiger charge is -2.28. The summed E-state index contributed by atoms with van der Waals surface area (Å²) >= 11 is 0. The predicted octanol–water partition coefficient (Wildman–Crippen LogP) is 20.7. The van der Waals surface area contributed by atoms with Crippen molar-refractivity contribution in [2.24, 2.45) is 0 Å². The van der Waals surface area contributed by atoms with Crippen LogP contribution in [0.4, 0.5) is 34.1 Å². The monoisotopic (exact) mass is 956 g/mol. The molecule has 0 fully saturated rings. The Bertz CT molecular complexity index is 3980. The van der Waals surface area contributed by atoms with Gasteiger partial charge < -0.3 is 18.6 Å². The van der Waals surface area contributed by atoms with Crippen molar-refractivity contribution in [2.45, 2.75) is 52.4 Å². The fourth-order valence-electron chi connectivity index (χ4n) is 11.0. The van der Waals surface area contributed by atoms with Crippen LogP contribution in [-0.2, 0) is 10.8 Å². The number of fused-ring (bicyclic) bond motifs is 8. The first-order valence-electron chi connectivity index (χ1n) is 25.7. The molecule has 74 heavy (non-hydrogen) atoms. The Balaban J connectivity index is 1.04. The minimum Gasteiger partial charge on any atom is -0.455 e. The molecule has 0 amide bonds. The van der Waals surface area contributed by atoms with E-state index in [0.717, 1.165) is 122 Å². The number of nitrogens with zero attached hydrogens (tertiary/aromatic N) is 2. The molecule has 0 bridgehead atoms. The van der Waals surface area contributed by atoms with E-state index in [-0.39, 0.29) is 10.8 Å². The minimum atomic E-state index is 0.00218. The van der Waals surface area contributed by atoms with Crippen LogP contribution in [0.3, 0.4) is 0 Å². The van der Waals surface area contributed by atoms with E-state index in [4.69, 9.17) is 8.83 Å². The van der Waals surface area contributed by atoms with Crippen molar-refractivity contribution in [1.82, 2.24) is 0 Å². The van der Waals surface area contributed by atoms with E-state index >= 15 is 0 Å². The normalized spacial score (nSPS) is 12.2. The van der Waals surface area contributed by atoms with Gasteiger partial charge in [-0.2, -0.15) is 0 Å². The van der Waals surface area contributed by atoms with Gasteiger partial charge >= 0.3 is 0 Å². The number of benzene rings is 11. The van der Waals surface area contributed by atoms with Crippen LogP contribution in [0.5, 0.6) is 0 Å². The molecule has 0 spiro atoms. The smallest absolute Gasteiger partial charge is 0.144 e. The first kappa shape index (κ1) is 45.0. The predicted molar refractivity (Wildman–Crippen MR) is 314 cm³/mol. The van der Waals surface area contributed by atoms with Crippen LogP contribution in [0.1, 0.15) is 52.7 Å². The van der Waals surface area contributed by atoms with Crippen molar-refractivity contribution >= 4 is 99.5 Å². The molecule has 2 aromatic heterocycles. The number of hydrogen-bond donors (Lipinski definition) is 0. The summed E-state index contributed by atoms with van der Waals surface area (Å²) in [6.45, 7) is 13.6. The summed E-state index contributed by atoms with van der Waals surface area (Å²) in [5.74, 6) is 0. The van der Waals surface area contributed by atoms with Crippen LogP contribution in [0, 0.1) is 0 Å². The number of anilines is 6. The maximum absolute atomic E-state index is 7.34. The van der Waals surface area contributed by atoms with Crippen LogP contribution in [0.15, 0.2) is 239 Å². The Kier molecular flexibility index (Phi) is 10.6. The second-order valence-electron chi connectivity index (χ2n) is 21.8. The summed E-state index contributed by atoms with van der Waals surface area (Å²) in [6.07, 6.45) is 0. The van der Waals surface area contributed by atoms with Gasteiger partial charge in [0.2, 0.25) is 0 Å². The highest BCUT2D eigenvalue weighted by Crippen LogP contribution is 2.52. The van der Waals surface area contributed by atoms with Crippen molar-refractivity contribution < 1.29 is 8.83 Å². The molecule has 0 atom stereocenters. The van der Waals surface area contributed by atoms with Gasteiger partial charge in [-0.3, -0.25) is 0 Å². The molecule has 4 heteroatoms. The quantitative estimate of drug-likeness (QED) is 0.152. The molecule has 0 radical (unpaired) electrons. The molecule has 11 aromatic carbocycles. The van der Waals surface area contributed by atoms with E-state index in [1.165, 1.54) is 11.1 Å². The molecule has 0 saturated carbocycles. The highest BCUT2D eigenvalue weighted by atomic mass is 16.3. The van der Waals surface area contributed by atoms with E-state index in [2.05, 4.69) is 282 Å². The largest absolute Gasteiger partial charge is 0.455 e. The van der Waals surface area contributed by atoms with Crippen LogP contribution >= 0.6 is 0 Å². The number of rotatable bonds is 8. The first-order chi connectivity index (χ1) is 35.9. The van der Waals surface area contributed by atoms with Gasteiger partial charge in [0.05, 0.1) is 0 Å². The highest BCUT2D eigenvalue weighted by Gasteiger charge is 2.28. The van der Waals surface area contributed by atoms with Crippen molar-refractivity contribution in [3.63, 3.8) is 0 Å². The molecule has 2 heterocycles. The maximum atomic E-state index is 7.34. The van der Waals surface area contributed by atoms with Gasteiger partial charge in [-0.1, -0.05) is 175 Å². The van der Waals surface area contributed by atoms with Gasteiger partial charge in [-0.05, 0) is 152 Å². The highest BCUT2D eigenvalue weighted by molar-refractivity contribution is 6.31. The van der Waals surface area contributed by atoms with Crippen LogP contribution in [0.25, 0.3) is 87.7 Å². The van der Waals surface area contributed by atoms with Crippen LogP contribution < -0.4 is 9.80 Å². The van der Waals surface area contributed by atoms with Crippen molar-refractivity contribution in [1.29, 1.82) is 0 Å². The Hall–Kier alpha value is -8.86. The summed E-state index contributed by atoms with van der Waals surface area (Å²) < 4.78 is 14.7. The van der Waals surface area contributed by atoms with Crippen LogP contribution in [0.2, 0.25) is 0 Å². The SMILES string of the molecule is CC(C)(C)c1cccc(N(c2ccccc2)c2ccc3cc4c(cc3c2)oc2c(-c3ccccc3)c3c(oc5cc6cc(N(c7ccccc7)c7cccc(C(C)(C)C)c7)ccc6cc53)c(-c3ccccc3)c24)c1. The molecule has 13 rings (SSSR count). The molecule has 0 saturated heterocycles. The molecule has 13 aromatic rings. The molecule has 0 aliphatic rings. The zero-order valence-electron chi connectivity index (χ0n) is 42.7. The average molecular weight is 957 g/mol. The molecule has 0 aliphatic heterocycles. The van der Waals surface area contributed by atoms with E-state index in [1.807, 2.05) is 0 Å². The lowest BCUT2D eigenvalue weighted by atomic mass is 9.87. The Morgan fingerprint density at radius 3 is 1.03 bits per heavy atom. The van der Waals surface area contributed by atoms with E-state index in [1.54, 1.807) is 0 Å². The van der Waals surface area contributed by atoms with Gasteiger partial charge in [0, 0.05) is 66.8 Å². The van der Waals surface area contributed by atoms with Gasteiger partial charge in [0.1, 0.15) is 22.3 Å². The summed E-state index contributed by atoms with van der Waals surface area (Å²) in [6, 6.07) is 83.2. The van der Waals surface area contributed by atoms with Gasteiger partial charge in [-0.25, -0.2) is 0 Å². The summed E-state index contributed by atoms with van der Waals surface area (Å²) in [5.41, 5.74) is 16.7. The topological polar surface area (TPSA) is 32.8 Å². The fraction of sp³-hybridized carbons (Fsp3) is 0.114. The third kappa shape index (κ3) is 7.77. The Morgan fingerprint density at radius 2 is 0.649 bits per heavy atom. The third-order valence-corrected chi connectivity index (χ3v) is 14.8. The van der Waals surface area contributed by atoms with E-state index in [9.17, 15) is 0 Å². The zero-order valence-corrected chi connectivity index (χ0v) is 42.7. The lowest BCUT2D eigenvalue weighted by Crippen LogP contribution is -2.14. The van der Waals surface area contributed by atoms with Crippen molar-refractivity contribution in [2.75, 3.05) is 9.80 Å². The Labute approximate surface area is 432 Å². The second kappa shape index (κ2) is 17.4. The molecule has 4 nitrogen and oxygen atoms in total. The standard InChI is InChI=1S/C70H56N2O2/c1-69(2,3)51-25-19-31-55(43-51)71(53-27-15-9-16-28-53)57-35-33-47-39-59-61(41-49(47)37-57)73-67-64(46-23-13-8-14-24-46)66-60-40-48-34-36-58(72(54-29-17-10-18-30-54)56-32-20-26-52(44-56)70(4,5)6)38-50(48)42-62(60)74-68(66)63(65(59)67)45-21-11-7-12-22-45/h7-44H,1-6H3. The molecule has 0 unspecified atom stereocenters. The summed E-state index contributed by atoms with van der Waals surface area (Å²) in [5, 5.41) is 8.61. The zero-order chi connectivity index (χ0) is 50.3. The van der Waals surface area contributed by atoms with Gasteiger partial charge in [0.15, 0.2) is 0 Å². The lowest BCUT2D eigenvalue weighted by molar-refractivity contribution is 0.590. The first-order valence-corrected chi connectivity index (χ1v) is 25.7. The second-order valence-corrected chi connectivity index (χ2v) is 21.8. The van der Waals surface area contributed by atoms with E-state index in [0.29, 0.717) is 0 Å². The molecule has 0 aliphatic carbocycles. The number of hydrogen-bond acceptors (Lipinski definition) is 4. The van der Waals surface area contributed by atoms with Gasteiger partial charge in [0.25, 0.3) is 0 Å². The number of para-hydroxylation sites is 2. The Morgan fingerprint density at radius 1 is 0.297 bits per heavy atom. The average Bonchev–Trinajstić information content (AvgIpc) is 3.99. The fourth-order valence-corrected chi connectivity index (χ4v) is 11.0. The molecule has 0 N–H and O–H groups in total. The summed E-state index contributed by atoms with van der Waals surface area (Å²) in [4.78, 5) is 4.71. The molecular formula is C70H56N2O2. The van der Waals surface area contributed by atoms with E-state index < -0.39 is 0 Å². The number of furan rings is 2. The maximum Gasteiger partial charge on any atom is 0.144 e. The van der Waals surface area contributed by atoms with Crippen molar-refractivity contribution in [3.05, 3.63) is 242 Å². The summed E-state index contributed by atoms with van der Waals surface area (Å²) in [7, 11) is 0.